The van der Waals surface area contributed by atoms with E-state index >= 15 is 0 Å². The molecule has 0 amide bonds. The molecule has 6 nitrogen and oxygen atoms in total. The second kappa shape index (κ2) is 11.4. The Bertz CT molecular complexity index is 384. The third-order valence-corrected chi connectivity index (χ3v) is 4.25. The summed E-state index contributed by atoms with van der Waals surface area (Å²) in [5.74, 6) is -0.573. The Kier molecular flexibility index (Phi) is 9.95. The Labute approximate surface area is 144 Å². The highest BCUT2D eigenvalue weighted by Crippen LogP contribution is 2.30. The van der Waals surface area contributed by atoms with Crippen molar-refractivity contribution in [3.05, 3.63) is 0 Å². The molecule has 24 heavy (non-hydrogen) atoms. The highest BCUT2D eigenvalue weighted by Gasteiger charge is 2.40. The monoisotopic (exact) mass is 344 g/mol. The average Bonchev–Trinajstić information content (AvgIpc) is 2.90. The van der Waals surface area contributed by atoms with Crippen LogP contribution >= 0.6 is 0 Å². The highest BCUT2D eigenvalue weighted by molar-refractivity contribution is 5.69. The number of esters is 2. The van der Waals surface area contributed by atoms with Crippen molar-refractivity contribution >= 4 is 11.9 Å². The van der Waals surface area contributed by atoms with Crippen LogP contribution < -0.4 is 0 Å². The lowest BCUT2D eigenvalue weighted by molar-refractivity contribution is -0.150. The molecule has 0 spiro atoms. The molecule has 0 aromatic heterocycles. The molecular formula is C18H32O6. The Hall–Kier alpha value is -1.14. The lowest BCUT2D eigenvalue weighted by Gasteiger charge is -2.19. The van der Waals surface area contributed by atoms with Gasteiger partial charge in [0, 0.05) is 19.8 Å². The third-order valence-electron chi connectivity index (χ3n) is 4.25. The van der Waals surface area contributed by atoms with Gasteiger partial charge in [-0.2, -0.15) is 0 Å². The maximum Gasteiger partial charge on any atom is 0.305 e. The van der Waals surface area contributed by atoms with Gasteiger partial charge >= 0.3 is 11.9 Å². The number of unbranched alkanes of at least 4 members (excludes halogenated alkanes) is 2. The first-order chi connectivity index (χ1) is 11.5. The first-order valence-corrected chi connectivity index (χ1v) is 9.14. The first kappa shape index (κ1) is 20.9. The molecule has 1 unspecified atom stereocenters. The van der Waals surface area contributed by atoms with Crippen LogP contribution in [0.25, 0.3) is 0 Å². The van der Waals surface area contributed by atoms with Gasteiger partial charge in [-0.3, -0.25) is 9.59 Å². The van der Waals surface area contributed by atoms with E-state index in [0.29, 0.717) is 38.7 Å². The predicted octanol–water partition coefficient (Wildman–Crippen LogP) is 2.75. The van der Waals surface area contributed by atoms with E-state index in [1.54, 1.807) is 6.92 Å². The minimum absolute atomic E-state index is 0.226. The number of carbonyl (C=O) groups excluding carboxylic acids is 2. The molecule has 0 aromatic carbocycles. The topological polar surface area (TPSA) is 82.1 Å². The van der Waals surface area contributed by atoms with E-state index in [0.717, 1.165) is 19.3 Å². The van der Waals surface area contributed by atoms with Crippen molar-refractivity contribution < 1.29 is 28.9 Å². The molecule has 1 aliphatic rings. The zero-order chi connectivity index (χ0) is 17.9. The number of ether oxygens (including phenoxy) is 3. The number of aliphatic hydroxyl groups is 1. The van der Waals surface area contributed by atoms with Gasteiger partial charge in [0.2, 0.25) is 0 Å². The molecule has 1 saturated heterocycles. The SMILES string of the molecule is CCCCCC(O)[C@H]1C[C@@H](OC(C)=O)[C@@H](CCCC(=O)OCC)O1. The van der Waals surface area contributed by atoms with Gasteiger partial charge in [0.05, 0.1) is 24.9 Å². The van der Waals surface area contributed by atoms with Crippen LogP contribution in [0.3, 0.4) is 0 Å². The molecule has 6 heteroatoms. The largest absolute Gasteiger partial charge is 0.466 e. The van der Waals surface area contributed by atoms with E-state index in [1.807, 2.05) is 0 Å². The van der Waals surface area contributed by atoms with Crippen LogP contribution in [-0.2, 0) is 23.8 Å². The fourth-order valence-corrected chi connectivity index (χ4v) is 3.06. The Morgan fingerprint density at radius 1 is 1.25 bits per heavy atom. The molecule has 0 saturated carbocycles. The molecule has 140 valence electrons. The minimum atomic E-state index is -0.537. The summed E-state index contributed by atoms with van der Waals surface area (Å²) in [6.45, 7) is 5.65. The van der Waals surface area contributed by atoms with Crippen LogP contribution in [-0.4, -0.2) is 48.1 Å². The second-order valence-corrected chi connectivity index (χ2v) is 6.36. The van der Waals surface area contributed by atoms with Crippen molar-refractivity contribution in [1.82, 2.24) is 0 Å². The maximum atomic E-state index is 11.4. The molecule has 1 fully saturated rings. The summed E-state index contributed by atoms with van der Waals surface area (Å²) in [6, 6.07) is 0. The lowest BCUT2D eigenvalue weighted by atomic mass is 10.0. The van der Waals surface area contributed by atoms with Crippen molar-refractivity contribution in [2.24, 2.45) is 0 Å². The predicted molar refractivity (Wildman–Crippen MR) is 89.5 cm³/mol. The van der Waals surface area contributed by atoms with Crippen molar-refractivity contribution in [1.29, 1.82) is 0 Å². The van der Waals surface area contributed by atoms with E-state index in [9.17, 15) is 14.7 Å². The van der Waals surface area contributed by atoms with Gasteiger partial charge in [0.1, 0.15) is 6.10 Å². The molecule has 1 N–H and O–H groups in total. The molecule has 0 bridgehead atoms. The normalized spacial score (nSPS) is 24.6. The van der Waals surface area contributed by atoms with Gasteiger partial charge < -0.3 is 19.3 Å². The number of hydrogen-bond donors (Lipinski definition) is 1. The van der Waals surface area contributed by atoms with Crippen molar-refractivity contribution in [2.75, 3.05) is 6.61 Å². The van der Waals surface area contributed by atoms with Crippen molar-refractivity contribution in [3.63, 3.8) is 0 Å². The zero-order valence-corrected chi connectivity index (χ0v) is 15.2. The number of hydrogen-bond acceptors (Lipinski definition) is 6. The molecule has 0 aliphatic carbocycles. The Morgan fingerprint density at radius 3 is 2.62 bits per heavy atom. The Morgan fingerprint density at radius 2 is 2.00 bits per heavy atom. The average molecular weight is 344 g/mol. The van der Waals surface area contributed by atoms with Crippen LogP contribution in [0.5, 0.6) is 0 Å². The smallest absolute Gasteiger partial charge is 0.305 e. The summed E-state index contributed by atoms with van der Waals surface area (Å²) in [5, 5.41) is 10.3. The van der Waals surface area contributed by atoms with Gasteiger partial charge in [0.25, 0.3) is 0 Å². The van der Waals surface area contributed by atoms with E-state index in [-0.39, 0.29) is 30.3 Å². The van der Waals surface area contributed by atoms with Gasteiger partial charge in [-0.25, -0.2) is 0 Å². The fraction of sp³-hybridized carbons (Fsp3) is 0.889. The van der Waals surface area contributed by atoms with Crippen LogP contribution in [0.15, 0.2) is 0 Å². The van der Waals surface area contributed by atoms with Gasteiger partial charge in [-0.1, -0.05) is 26.2 Å². The van der Waals surface area contributed by atoms with Gasteiger partial charge in [-0.15, -0.1) is 0 Å². The summed E-state index contributed by atoms with van der Waals surface area (Å²) in [4.78, 5) is 22.7. The zero-order valence-electron chi connectivity index (χ0n) is 15.2. The van der Waals surface area contributed by atoms with Gasteiger partial charge in [-0.05, 0) is 26.2 Å². The van der Waals surface area contributed by atoms with Crippen LogP contribution in [0, 0.1) is 0 Å². The summed E-state index contributed by atoms with van der Waals surface area (Å²) in [7, 11) is 0. The summed E-state index contributed by atoms with van der Waals surface area (Å²) >= 11 is 0. The number of rotatable bonds is 11. The van der Waals surface area contributed by atoms with E-state index in [2.05, 4.69) is 6.92 Å². The van der Waals surface area contributed by atoms with E-state index in [4.69, 9.17) is 14.2 Å². The number of carbonyl (C=O) groups is 2. The third kappa shape index (κ3) is 7.62. The molecule has 0 aromatic rings. The summed E-state index contributed by atoms with van der Waals surface area (Å²) in [5.41, 5.74) is 0. The quantitative estimate of drug-likeness (QED) is 0.458. The van der Waals surface area contributed by atoms with E-state index in [1.165, 1.54) is 6.92 Å². The molecule has 0 radical (unpaired) electrons. The summed E-state index contributed by atoms with van der Waals surface area (Å²) in [6.07, 6.45) is 4.43. The highest BCUT2D eigenvalue weighted by atomic mass is 16.6. The molecule has 1 heterocycles. The van der Waals surface area contributed by atoms with Crippen LogP contribution in [0.2, 0.25) is 0 Å². The molecular weight excluding hydrogens is 312 g/mol. The fourth-order valence-electron chi connectivity index (χ4n) is 3.06. The molecule has 1 rings (SSSR count). The maximum absolute atomic E-state index is 11.4. The Balaban J connectivity index is 2.47. The first-order valence-electron chi connectivity index (χ1n) is 9.14. The van der Waals surface area contributed by atoms with Crippen molar-refractivity contribution in [3.8, 4) is 0 Å². The minimum Gasteiger partial charge on any atom is -0.466 e. The van der Waals surface area contributed by atoms with Crippen molar-refractivity contribution in [2.45, 2.75) is 96.6 Å². The second-order valence-electron chi connectivity index (χ2n) is 6.36. The van der Waals surface area contributed by atoms with Gasteiger partial charge in [0.15, 0.2) is 0 Å². The summed E-state index contributed by atoms with van der Waals surface area (Å²) < 4.78 is 16.2. The van der Waals surface area contributed by atoms with Crippen LogP contribution in [0.4, 0.5) is 0 Å². The lowest BCUT2D eigenvalue weighted by Crippen LogP contribution is -2.26. The molecule has 1 aliphatic heterocycles. The standard InChI is InChI=1S/C18H32O6/c1-4-6-7-9-14(20)16-12-17(23-13(3)19)15(24-16)10-8-11-18(21)22-5-2/h14-17,20H,4-12H2,1-3H3/t14?,15-,16-,17-/m1/s1. The van der Waals surface area contributed by atoms with E-state index < -0.39 is 6.10 Å². The van der Waals surface area contributed by atoms with Crippen LogP contribution in [0.1, 0.15) is 72.1 Å². The number of aliphatic hydroxyl groups excluding tert-OH is 1. The molecule has 4 atom stereocenters.